The van der Waals surface area contributed by atoms with Crippen molar-refractivity contribution in [2.24, 2.45) is 0 Å². The molecule has 2 heterocycles. The van der Waals surface area contributed by atoms with Crippen molar-refractivity contribution in [3.05, 3.63) is 29.3 Å². The highest BCUT2D eigenvalue weighted by Crippen LogP contribution is 2.30. The number of anilines is 1. The molecule has 0 aromatic heterocycles. The molecule has 3 rings (SSSR count). The molecular weight excluding hydrogens is 310 g/mol. The first-order chi connectivity index (χ1) is 11.4. The quantitative estimate of drug-likeness (QED) is 0.831. The van der Waals surface area contributed by atoms with Crippen LogP contribution < -0.4 is 10.2 Å². The molecule has 4 amide bonds. The number of hydrogen-bond donors (Lipinski definition) is 1. The summed E-state index contributed by atoms with van der Waals surface area (Å²) in [5, 5.41) is 2.19. The van der Waals surface area contributed by atoms with Crippen molar-refractivity contribution in [3.63, 3.8) is 0 Å². The molecule has 0 radical (unpaired) electrons. The highest BCUT2D eigenvalue weighted by molar-refractivity contribution is 6.23. The van der Waals surface area contributed by atoms with Gasteiger partial charge in [-0.25, -0.2) is 0 Å². The number of imide groups is 2. The summed E-state index contributed by atoms with van der Waals surface area (Å²) in [6, 6.07) is 4.19. The fourth-order valence-corrected chi connectivity index (χ4v) is 3.16. The molecule has 126 valence electrons. The Hall–Kier alpha value is -2.70. The maximum Gasteiger partial charge on any atom is 0.262 e. The Kier molecular flexibility index (Phi) is 4.09. The molecule has 0 aliphatic carbocycles. The molecule has 1 aromatic rings. The summed E-state index contributed by atoms with van der Waals surface area (Å²) < 4.78 is 0. The van der Waals surface area contributed by atoms with Crippen molar-refractivity contribution in [1.82, 2.24) is 10.2 Å². The molecule has 0 saturated carbocycles. The van der Waals surface area contributed by atoms with Crippen molar-refractivity contribution < 1.29 is 19.2 Å². The number of nitrogens with one attached hydrogen (secondary N) is 1. The van der Waals surface area contributed by atoms with E-state index in [1.54, 1.807) is 18.2 Å². The average molecular weight is 329 g/mol. The normalized spacial score (nSPS) is 20.2. The summed E-state index contributed by atoms with van der Waals surface area (Å²) in [5.74, 6) is -1.93. The predicted octanol–water partition coefficient (Wildman–Crippen LogP) is 0.934. The molecule has 7 heteroatoms. The smallest absolute Gasteiger partial charge is 0.262 e. The van der Waals surface area contributed by atoms with Crippen molar-refractivity contribution >= 4 is 29.3 Å². The molecule has 1 fully saturated rings. The van der Waals surface area contributed by atoms with Crippen molar-refractivity contribution in [2.75, 3.05) is 18.5 Å². The number of benzene rings is 1. The van der Waals surface area contributed by atoms with Crippen LogP contribution in [-0.2, 0) is 9.59 Å². The molecule has 1 saturated heterocycles. The Morgan fingerprint density at radius 1 is 1.17 bits per heavy atom. The molecule has 24 heavy (non-hydrogen) atoms. The maximum atomic E-state index is 12.7. The van der Waals surface area contributed by atoms with Crippen LogP contribution in [0.4, 0.5) is 5.69 Å². The zero-order valence-corrected chi connectivity index (χ0v) is 13.7. The summed E-state index contributed by atoms with van der Waals surface area (Å²) in [6.45, 7) is 2.89. The van der Waals surface area contributed by atoms with Gasteiger partial charge in [-0.1, -0.05) is 6.92 Å². The first-order valence-corrected chi connectivity index (χ1v) is 8.00. The average Bonchev–Trinajstić information content (AvgIpc) is 2.79. The Labute approximate surface area is 139 Å². The van der Waals surface area contributed by atoms with E-state index in [4.69, 9.17) is 0 Å². The van der Waals surface area contributed by atoms with Gasteiger partial charge < -0.3 is 4.90 Å². The first-order valence-electron chi connectivity index (χ1n) is 8.00. The maximum absolute atomic E-state index is 12.7. The second kappa shape index (κ2) is 6.07. The van der Waals surface area contributed by atoms with Crippen molar-refractivity contribution in [1.29, 1.82) is 0 Å². The van der Waals surface area contributed by atoms with E-state index in [2.05, 4.69) is 12.2 Å². The van der Waals surface area contributed by atoms with E-state index in [9.17, 15) is 19.2 Å². The molecular formula is C17H19N3O4. The molecule has 1 unspecified atom stereocenters. The van der Waals surface area contributed by atoms with Gasteiger partial charge in [-0.15, -0.1) is 0 Å². The van der Waals surface area contributed by atoms with E-state index in [1.165, 1.54) is 0 Å². The number of piperidine rings is 1. The summed E-state index contributed by atoms with van der Waals surface area (Å²) in [5.41, 5.74) is 1.46. The molecule has 0 bridgehead atoms. The fourth-order valence-electron chi connectivity index (χ4n) is 3.16. The zero-order chi connectivity index (χ0) is 17.4. The van der Waals surface area contributed by atoms with E-state index in [0.29, 0.717) is 11.1 Å². The first kappa shape index (κ1) is 16.2. The third-order valence-electron chi connectivity index (χ3n) is 4.42. The molecule has 0 spiro atoms. The second-order valence-corrected chi connectivity index (χ2v) is 6.10. The van der Waals surface area contributed by atoms with Crippen molar-refractivity contribution in [3.8, 4) is 0 Å². The summed E-state index contributed by atoms with van der Waals surface area (Å²) in [4.78, 5) is 51.5. The highest BCUT2D eigenvalue weighted by atomic mass is 16.2. The lowest BCUT2D eigenvalue weighted by molar-refractivity contribution is -0.136. The lowest BCUT2D eigenvalue weighted by atomic mass is 10.0. The van der Waals surface area contributed by atoms with Gasteiger partial charge >= 0.3 is 0 Å². The van der Waals surface area contributed by atoms with Crippen LogP contribution in [0.25, 0.3) is 0 Å². The van der Waals surface area contributed by atoms with Gasteiger partial charge in [0, 0.05) is 25.7 Å². The number of carbonyl (C=O) groups excluding carboxylic acids is 4. The van der Waals surface area contributed by atoms with Crippen LogP contribution in [0.1, 0.15) is 46.9 Å². The van der Waals surface area contributed by atoms with Gasteiger partial charge in [-0.3, -0.25) is 29.4 Å². The lowest BCUT2D eigenvalue weighted by Gasteiger charge is -2.27. The number of fused-ring (bicyclic) bond motifs is 1. The molecule has 1 aromatic carbocycles. The third-order valence-corrected chi connectivity index (χ3v) is 4.42. The molecule has 2 aliphatic rings. The van der Waals surface area contributed by atoms with E-state index in [1.807, 2.05) is 11.9 Å². The number of rotatable bonds is 4. The van der Waals surface area contributed by atoms with Gasteiger partial charge in [0.1, 0.15) is 6.04 Å². The number of hydrogen-bond acceptors (Lipinski definition) is 5. The van der Waals surface area contributed by atoms with E-state index >= 15 is 0 Å². The van der Waals surface area contributed by atoms with Gasteiger partial charge in [0.15, 0.2) is 0 Å². The van der Waals surface area contributed by atoms with E-state index in [0.717, 1.165) is 23.6 Å². The molecule has 1 atom stereocenters. The minimum absolute atomic E-state index is 0.119. The fraction of sp³-hybridized carbons (Fsp3) is 0.412. The van der Waals surface area contributed by atoms with Crippen LogP contribution in [0, 0.1) is 0 Å². The Morgan fingerprint density at radius 2 is 1.88 bits per heavy atom. The number of amides is 4. The largest absolute Gasteiger partial charge is 0.375 e. The Morgan fingerprint density at radius 3 is 2.54 bits per heavy atom. The van der Waals surface area contributed by atoms with Gasteiger partial charge in [0.2, 0.25) is 11.8 Å². The minimum atomic E-state index is -0.924. The van der Waals surface area contributed by atoms with Crippen LogP contribution >= 0.6 is 0 Å². The third kappa shape index (κ3) is 2.55. The van der Waals surface area contributed by atoms with Crippen LogP contribution in [0.5, 0.6) is 0 Å². The van der Waals surface area contributed by atoms with Crippen LogP contribution in [0.3, 0.4) is 0 Å². The van der Waals surface area contributed by atoms with Gasteiger partial charge in [0.05, 0.1) is 11.1 Å². The topological polar surface area (TPSA) is 86.8 Å². The van der Waals surface area contributed by atoms with Crippen LogP contribution in [0.15, 0.2) is 18.2 Å². The summed E-state index contributed by atoms with van der Waals surface area (Å²) in [6.07, 6.45) is 1.25. The minimum Gasteiger partial charge on any atom is -0.375 e. The SMILES string of the molecule is CCCN(C)c1ccc2c(c1)C(=O)N(C1CCC(=O)NC1=O)C2=O. The van der Waals surface area contributed by atoms with Gasteiger partial charge in [-0.05, 0) is 31.0 Å². The zero-order valence-electron chi connectivity index (χ0n) is 13.7. The number of carbonyl (C=O) groups is 4. The monoisotopic (exact) mass is 329 g/mol. The highest BCUT2D eigenvalue weighted by Gasteiger charge is 2.44. The van der Waals surface area contributed by atoms with E-state index < -0.39 is 23.8 Å². The van der Waals surface area contributed by atoms with Gasteiger partial charge in [-0.2, -0.15) is 0 Å². The standard InChI is InChI=1S/C17H19N3O4/c1-3-8-19(2)10-4-5-11-12(9-10)17(24)20(16(11)23)13-6-7-14(21)18-15(13)22/h4-5,9,13H,3,6-8H2,1-2H3,(H,18,21,22). The Bertz CT molecular complexity index is 743. The summed E-state index contributed by atoms with van der Waals surface area (Å²) >= 11 is 0. The van der Waals surface area contributed by atoms with Crippen molar-refractivity contribution in [2.45, 2.75) is 32.2 Å². The molecule has 2 aliphatic heterocycles. The van der Waals surface area contributed by atoms with Crippen LogP contribution in [-0.4, -0.2) is 48.2 Å². The molecule has 1 N–H and O–H groups in total. The van der Waals surface area contributed by atoms with E-state index in [-0.39, 0.29) is 18.7 Å². The lowest BCUT2D eigenvalue weighted by Crippen LogP contribution is -2.54. The second-order valence-electron chi connectivity index (χ2n) is 6.10. The van der Waals surface area contributed by atoms with Gasteiger partial charge in [0.25, 0.3) is 11.8 Å². The predicted molar refractivity (Wildman–Crippen MR) is 86.7 cm³/mol. The Balaban J connectivity index is 1.91. The summed E-state index contributed by atoms with van der Waals surface area (Å²) in [7, 11) is 1.92. The van der Waals surface area contributed by atoms with Crippen LogP contribution in [0.2, 0.25) is 0 Å². The number of nitrogens with zero attached hydrogens (tertiary/aromatic N) is 2. The molecule has 7 nitrogen and oxygen atoms in total.